The maximum absolute atomic E-state index is 12.1. The molecule has 2 aromatic rings. The van der Waals surface area contributed by atoms with Crippen LogP contribution in [0.2, 0.25) is 5.02 Å². The van der Waals surface area contributed by atoms with Gasteiger partial charge in [-0.1, -0.05) is 45.7 Å². The van der Waals surface area contributed by atoms with Gasteiger partial charge in [0.15, 0.2) is 0 Å². The molecular weight excluding hydrogens is 314 g/mol. The van der Waals surface area contributed by atoms with Crippen LogP contribution in [-0.4, -0.2) is 5.91 Å². The van der Waals surface area contributed by atoms with E-state index in [1.807, 2.05) is 24.3 Å². The molecule has 18 heavy (non-hydrogen) atoms. The quantitative estimate of drug-likeness (QED) is 0.828. The SMILES string of the molecule is O=C(Nc1ccc(Cl)cc1)c1ccccc1CBr. The lowest BCUT2D eigenvalue weighted by Crippen LogP contribution is -2.13. The van der Waals surface area contributed by atoms with E-state index in [-0.39, 0.29) is 5.91 Å². The highest BCUT2D eigenvalue weighted by Gasteiger charge is 2.09. The summed E-state index contributed by atoms with van der Waals surface area (Å²) in [6.45, 7) is 0. The van der Waals surface area contributed by atoms with Gasteiger partial charge in [0.25, 0.3) is 5.91 Å². The van der Waals surface area contributed by atoms with Crippen LogP contribution in [0.25, 0.3) is 0 Å². The number of halogens is 2. The van der Waals surface area contributed by atoms with Crippen LogP contribution in [-0.2, 0) is 5.33 Å². The van der Waals surface area contributed by atoms with Crippen molar-refractivity contribution < 1.29 is 4.79 Å². The van der Waals surface area contributed by atoms with Crippen molar-refractivity contribution in [2.24, 2.45) is 0 Å². The standard InChI is InChI=1S/C14H11BrClNO/c15-9-10-3-1-2-4-13(10)14(18)17-12-7-5-11(16)6-8-12/h1-8H,9H2,(H,17,18). The first kappa shape index (κ1) is 13.1. The van der Waals surface area contributed by atoms with Crippen LogP contribution in [0.5, 0.6) is 0 Å². The molecule has 0 bridgehead atoms. The second kappa shape index (κ2) is 6.03. The molecule has 0 saturated carbocycles. The smallest absolute Gasteiger partial charge is 0.255 e. The maximum atomic E-state index is 12.1. The Kier molecular flexibility index (Phi) is 4.39. The Morgan fingerprint density at radius 2 is 1.78 bits per heavy atom. The number of amides is 1. The molecular formula is C14H11BrClNO. The molecule has 2 nitrogen and oxygen atoms in total. The number of nitrogens with one attached hydrogen (secondary N) is 1. The molecule has 1 N–H and O–H groups in total. The van der Waals surface area contributed by atoms with Crippen LogP contribution < -0.4 is 5.32 Å². The molecule has 0 aliphatic heterocycles. The van der Waals surface area contributed by atoms with Crippen molar-refractivity contribution in [1.29, 1.82) is 0 Å². The van der Waals surface area contributed by atoms with Gasteiger partial charge in [0.1, 0.15) is 0 Å². The van der Waals surface area contributed by atoms with Crippen LogP contribution >= 0.6 is 27.5 Å². The summed E-state index contributed by atoms with van der Waals surface area (Å²) < 4.78 is 0. The van der Waals surface area contributed by atoms with Crippen molar-refractivity contribution >= 4 is 39.1 Å². The third kappa shape index (κ3) is 3.12. The minimum Gasteiger partial charge on any atom is -0.322 e. The molecule has 0 radical (unpaired) electrons. The molecule has 0 atom stereocenters. The lowest BCUT2D eigenvalue weighted by atomic mass is 10.1. The molecule has 0 spiro atoms. The van der Waals surface area contributed by atoms with Crippen LogP contribution in [0, 0.1) is 0 Å². The Morgan fingerprint density at radius 1 is 1.11 bits per heavy atom. The minimum atomic E-state index is -0.118. The highest BCUT2D eigenvalue weighted by molar-refractivity contribution is 9.08. The van der Waals surface area contributed by atoms with Gasteiger partial charge in [0.05, 0.1) is 0 Å². The number of carbonyl (C=O) groups is 1. The van der Waals surface area contributed by atoms with Gasteiger partial charge in [-0.25, -0.2) is 0 Å². The second-order valence-corrected chi connectivity index (χ2v) is 4.75. The number of alkyl halides is 1. The monoisotopic (exact) mass is 323 g/mol. The molecule has 2 rings (SSSR count). The molecule has 0 fully saturated rings. The fourth-order valence-electron chi connectivity index (χ4n) is 1.59. The normalized spacial score (nSPS) is 10.1. The largest absolute Gasteiger partial charge is 0.322 e. The Morgan fingerprint density at radius 3 is 2.44 bits per heavy atom. The molecule has 92 valence electrons. The van der Waals surface area contributed by atoms with Gasteiger partial charge in [-0.15, -0.1) is 0 Å². The summed E-state index contributed by atoms with van der Waals surface area (Å²) in [7, 11) is 0. The average Bonchev–Trinajstić information content (AvgIpc) is 2.41. The van der Waals surface area contributed by atoms with Gasteiger partial charge in [-0.3, -0.25) is 4.79 Å². The Hall–Kier alpha value is -1.32. The Bertz CT molecular complexity index is 554. The van der Waals surface area contributed by atoms with Crippen LogP contribution in [0.3, 0.4) is 0 Å². The lowest BCUT2D eigenvalue weighted by molar-refractivity contribution is 0.102. The van der Waals surface area contributed by atoms with E-state index in [9.17, 15) is 4.79 Å². The third-order valence-electron chi connectivity index (χ3n) is 2.51. The third-order valence-corrected chi connectivity index (χ3v) is 3.36. The van der Waals surface area contributed by atoms with Crippen molar-refractivity contribution in [3.8, 4) is 0 Å². The number of anilines is 1. The molecule has 0 unspecified atom stereocenters. The van der Waals surface area contributed by atoms with Crippen molar-refractivity contribution in [1.82, 2.24) is 0 Å². The second-order valence-electron chi connectivity index (χ2n) is 3.75. The molecule has 0 aromatic heterocycles. The van der Waals surface area contributed by atoms with E-state index in [2.05, 4.69) is 21.2 Å². The van der Waals surface area contributed by atoms with Crippen molar-refractivity contribution in [3.05, 3.63) is 64.7 Å². The fourth-order valence-corrected chi connectivity index (χ4v) is 2.20. The van der Waals surface area contributed by atoms with E-state index in [0.717, 1.165) is 11.3 Å². The number of hydrogen-bond donors (Lipinski definition) is 1. The first-order chi connectivity index (χ1) is 8.70. The molecule has 1 amide bonds. The van der Waals surface area contributed by atoms with E-state index in [1.54, 1.807) is 24.3 Å². The highest BCUT2D eigenvalue weighted by atomic mass is 79.9. The van der Waals surface area contributed by atoms with Gasteiger partial charge < -0.3 is 5.32 Å². The van der Waals surface area contributed by atoms with Crippen LogP contribution in [0.4, 0.5) is 5.69 Å². The maximum Gasteiger partial charge on any atom is 0.255 e. The molecule has 0 aliphatic carbocycles. The molecule has 0 heterocycles. The first-order valence-corrected chi connectivity index (χ1v) is 6.91. The summed E-state index contributed by atoms with van der Waals surface area (Å²) in [5.41, 5.74) is 2.36. The van der Waals surface area contributed by atoms with E-state index in [0.29, 0.717) is 15.9 Å². The van der Waals surface area contributed by atoms with Crippen molar-refractivity contribution in [3.63, 3.8) is 0 Å². The van der Waals surface area contributed by atoms with Crippen LogP contribution in [0.1, 0.15) is 15.9 Å². The number of benzene rings is 2. The van der Waals surface area contributed by atoms with Gasteiger partial charge >= 0.3 is 0 Å². The summed E-state index contributed by atoms with van der Waals surface area (Å²) >= 11 is 9.17. The molecule has 4 heteroatoms. The zero-order valence-electron chi connectivity index (χ0n) is 9.49. The first-order valence-electron chi connectivity index (χ1n) is 5.41. The fraction of sp³-hybridized carbons (Fsp3) is 0.0714. The predicted octanol–water partition coefficient (Wildman–Crippen LogP) is 4.49. The number of hydrogen-bond acceptors (Lipinski definition) is 1. The zero-order chi connectivity index (χ0) is 13.0. The van der Waals surface area contributed by atoms with E-state index in [1.165, 1.54) is 0 Å². The summed E-state index contributed by atoms with van der Waals surface area (Å²) in [6, 6.07) is 14.5. The van der Waals surface area contributed by atoms with E-state index in [4.69, 9.17) is 11.6 Å². The zero-order valence-corrected chi connectivity index (χ0v) is 11.8. The Balaban J connectivity index is 2.19. The van der Waals surface area contributed by atoms with Gasteiger partial charge in [-0.05, 0) is 35.9 Å². The summed E-state index contributed by atoms with van der Waals surface area (Å²) in [6.07, 6.45) is 0. The lowest BCUT2D eigenvalue weighted by Gasteiger charge is -2.08. The summed E-state index contributed by atoms with van der Waals surface area (Å²) in [5.74, 6) is -0.118. The number of rotatable bonds is 3. The minimum absolute atomic E-state index is 0.118. The molecule has 0 saturated heterocycles. The van der Waals surface area contributed by atoms with E-state index < -0.39 is 0 Å². The van der Waals surface area contributed by atoms with Crippen molar-refractivity contribution in [2.75, 3.05) is 5.32 Å². The van der Waals surface area contributed by atoms with Crippen LogP contribution in [0.15, 0.2) is 48.5 Å². The average molecular weight is 325 g/mol. The van der Waals surface area contributed by atoms with E-state index >= 15 is 0 Å². The topological polar surface area (TPSA) is 29.1 Å². The predicted molar refractivity (Wildman–Crippen MR) is 78.5 cm³/mol. The summed E-state index contributed by atoms with van der Waals surface area (Å²) in [5, 5.41) is 4.14. The van der Waals surface area contributed by atoms with Crippen molar-refractivity contribution in [2.45, 2.75) is 5.33 Å². The summed E-state index contributed by atoms with van der Waals surface area (Å²) in [4.78, 5) is 12.1. The Labute approximate surface area is 119 Å². The van der Waals surface area contributed by atoms with Gasteiger partial charge in [-0.2, -0.15) is 0 Å². The number of carbonyl (C=O) groups excluding carboxylic acids is 1. The highest BCUT2D eigenvalue weighted by Crippen LogP contribution is 2.17. The molecule has 2 aromatic carbocycles. The van der Waals surface area contributed by atoms with Gasteiger partial charge in [0.2, 0.25) is 0 Å². The molecule has 0 aliphatic rings. The van der Waals surface area contributed by atoms with Gasteiger partial charge in [0, 0.05) is 21.6 Å².